The van der Waals surface area contributed by atoms with E-state index in [1.807, 2.05) is 11.8 Å². The molecule has 0 saturated carbocycles. The summed E-state index contributed by atoms with van der Waals surface area (Å²) in [5, 5.41) is 3.52. The molecule has 3 heterocycles. The number of thiophene rings is 1. The molecule has 1 aliphatic carbocycles. The fraction of sp³-hybridized carbons (Fsp3) is 0.357. The van der Waals surface area contributed by atoms with E-state index in [9.17, 15) is 4.79 Å². The summed E-state index contributed by atoms with van der Waals surface area (Å²) in [6, 6.07) is 4.24. The van der Waals surface area contributed by atoms with Crippen LogP contribution in [0.4, 0.5) is 0 Å². The summed E-state index contributed by atoms with van der Waals surface area (Å²) in [7, 11) is 0. The Kier molecular flexibility index (Phi) is 2.90. The van der Waals surface area contributed by atoms with Crippen LogP contribution >= 0.6 is 39.0 Å². The van der Waals surface area contributed by atoms with Gasteiger partial charge in [-0.15, -0.1) is 23.1 Å². The van der Waals surface area contributed by atoms with E-state index in [1.54, 1.807) is 11.3 Å². The second-order valence-electron chi connectivity index (χ2n) is 4.96. The summed E-state index contributed by atoms with van der Waals surface area (Å²) in [5.41, 5.74) is 3.57. The Hall–Kier alpha value is -0.520. The van der Waals surface area contributed by atoms with Crippen molar-refractivity contribution in [3.8, 4) is 0 Å². The third kappa shape index (κ3) is 1.86. The molecule has 3 aliphatic rings. The molecule has 5 heteroatoms. The molecule has 0 radical (unpaired) electrons. The summed E-state index contributed by atoms with van der Waals surface area (Å²) in [4.78, 5) is 14.9. The largest absolute Gasteiger partial charge is 0.361 e. The van der Waals surface area contributed by atoms with Crippen LogP contribution in [0.15, 0.2) is 37.8 Å². The highest BCUT2D eigenvalue weighted by Crippen LogP contribution is 2.52. The van der Waals surface area contributed by atoms with Gasteiger partial charge in [0.05, 0.1) is 9.70 Å². The maximum absolute atomic E-state index is 12.3. The molecule has 1 unspecified atom stereocenters. The summed E-state index contributed by atoms with van der Waals surface area (Å²) in [6.07, 6.45) is 2.67. The van der Waals surface area contributed by atoms with Gasteiger partial charge in [0.25, 0.3) is 0 Å². The highest BCUT2D eigenvalue weighted by molar-refractivity contribution is 9.11. The molecule has 0 fully saturated rings. The number of hydrogen-bond donors (Lipinski definition) is 1. The fourth-order valence-electron chi connectivity index (χ4n) is 3.06. The molecule has 1 aromatic heterocycles. The molecule has 0 amide bonds. The van der Waals surface area contributed by atoms with Crippen molar-refractivity contribution >= 4 is 44.8 Å². The third-order valence-electron chi connectivity index (χ3n) is 3.87. The molecule has 0 bridgehead atoms. The maximum Gasteiger partial charge on any atom is 0.162 e. The van der Waals surface area contributed by atoms with Gasteiger partial charge in [-0.05, 0) is 40.9 Å². The molecule has 0 spiro atoms. The first-order valence-corrected chi connectivity index (χ1v) is 8.98. The standard InChI is InChI=1S/C14H12BrNOS2/c15-11-4-3-10(19-11)13-12-7(1-2-9(12)17)16-8-5-6-18-14(8)13/h3-4,13,16H,1-2,5-6H2. The molecule has 2 aliphatic heterocycles. The highest BCUT2D eigenvalue weighted by atomic mass is 79.9. The van der Waals surface area contributed by atoms with E-state index in [0.717, 1.165) is 28.0 Å². The van der Waals surface area contributed by atoms with E-state index in [-0.39, 0.29) is 5.92 Å². The van der Waals surface area contributed by atoms with E-state index in [4.69, 9.17) is 0 Å². The van der Waals surface area contributed by atoms with Crippen LogP contribution in [0.25, 0.3) is 0 Å². The van der Waals surface area contributed by atoms with E-state index in [1.165, 1.54) is 21.2 Å². The summed E-state index contributed by atoms with van der Waals surface area (Å²) >= 11 is 7.20. The van der Waals surface area contributed by atoms with E-state index in [2.05, 4.69) is 33.4 Å². The maximum atomic E-state index is 12.3. The van der Waals surface area contributed by atoms with Crippen LogP contribution in [-0.2, 0) is 4.79 Å². The number of Topliss-reactive ketones (excluding diaryl/α,β-unsaturated/α-hetero) is 1. The van der Waals surface area contributed by atoms with Gasteiger partial charge in [0, 0.05) is 38.9 Å². The first-order chi connectivity index (χ1) is 9.24. The first-order valence-electron chi connectivity index (χ1n) is 6.38. The average Bonchev–Trinajstić information content (AvgIpc) is 3.08. The van der Waals surface area contributed by atoms with Gasteiger partial charge < -0.3 is 5.32 Å². The van der Waals surface area contributed by atoms with Gasteiger partial charge in [0.1, 0.15) is 0 Å². The molecule has 4 rings (SSSR count). The number of carbonyl (C=O) groups is 1. The van der Waals surface area contributed by atoms with Crippen molar-refractivity contribution in [2.45, 2.75) is 25.2 Å². The summed E-state index contributed by atoms with van der Waals surface area (Å²) < 4.78 is 1.14. The van der Waals surface area contributed by atoms with Gasteiger partial charge in [0.15, 0.2) is 5.78 Å². The van der Waals surface area contributed by atoms with E-state index < -0.39 is 0 Å². The zero-order valence-electron chi connectivity index (χ0n) is 10.2. The van der Waals surface area contributed by atoms with Crippen molar-refractivity contribution in [2.75, 3.05) is 5.75 Å². The minimum Gasteiger partial charge on any atom is -0.361 e. The van der Waals surface area contributed by atoms with Crippen LogP contribution < -0.4 is 5.32 Å². The Bertz CT molecular complexity index is 644. The van der Waals surface area contributed by atoms with Crippen molar-refractivity contribution in [3.63, 3.8) is 0 Å². The Morgan fingerprint density at radius 1 is 1.21 bits per heavy atom. The monoisotopic (exact) mass is 353 g/mol. The molecule has 98 valence electrons. The number of nitrogens with one attached hydrogen (secondary N) is 1. The lowest BCUT2D eigenvalue weighted by Crippen LogP contribution is -2.23. The number of allylic oxidation sites excluding steroid dienone is 4. The SMILES string of the molecule is O=C1CCC2=C1C(c1ccc(Br)s1)C1=C(CCS1)N2. The van der Waals surface area contributed by atoms with Crippen LogP contribution in [0.5, 0.6) is 0 Å². The number of carbonyl (C=O) groups excluding carboxylic acids is 1. The highest BCUT2D eigenvalue weighted by Gasteiger charge is 2.40. The van der Waals surface area contributed by atoms with E-state index >= 15 is 0 Å². The third-order valence-corrected chi connectivity index (χ3v) is 6.76. The molecular weight excluding hydrogens is 342 g/mol. The van der Waals surface area contributed by atoms with Crippen molar-refractivity contribution in [1.82, 2.24) is 5.32 Å². The predicted octanol–water partition coefficient (Wildman–Crippen LogP) is 4.16. The quantitative estimate of drug-likeness (QED) is 0.821. The Morgan fingerprint density at radius 2 is 2.11 bits per heavy atom. The minimum atomic E-state index is 0.199. The molecule has 19 heavy (non-hydrogen) atoms. The Morgan fingerprint density at radius 3 is 2.89 bits per heavy atom. The molecule has 1 N–H and O–H groups in total. The predicted molar refractivity (Wildman–Crippen MR) is 83.3 cm³/mol. The van der Waals surface area contributed by atoms with Gasteiger partial charge in [-0.1, -0.05) is 0 Å². The summed E-state index contributed by atoms with van der Waals surface area (Å²) in [6.45, 7) is 0. The second-order valence-corrected chi connectivity index (χ2v) is 8.59. The molecular formula is C14H12BrNOS2. The van der Waals surface area contributed by atoms with Gasteiger partial charge in [-0.2, -0.15) is 0 Å². The Labute approximate surface area is 128 Å². The fourth-order valence-corrected chi connectivity index (χ4v) is 5.95. The molecule has 1 atom stereocenters. The molecule has 2 nitrogen and oxygen atoms in total. The van der Waals surface area contributed by atoms with Crippen LogP contribution in [0.1, 0.15) is 30.1 Å². The zero-order valence-corrected chi connectivity index (χ0v) is 13.4. The van der Waals surface area contributed by atoms with Crippen LogP contribution in [0.3, 0.4) is 0 Å². The molecule has 0 saturated heterocycles. The van der Waals surface area contributed by atoms with Crippen molar-refractivity contribution in [3.05, 3.63) is 42.7 Å². The van der Waals surface area contributed by atoms with Crippen LogP contribution in [-0.4, -0.2) is 11.5 Å². The number of ketones is 1. The zero-order chi connectivity index (χ0) is 13.0. The van der Waals surface area contributed by atoms with Gasteiger partial charge in [-0.25, -0.2) is 0 Å². The van der Waals surface area contributed by atoms with E-state index in [0.29, 0.717) is 12.2 Å². The first kappa shape index (κ1) is 12.2. The topological polar surface area (TPSA) is 29.1 Å². The lowest BCUT2D eigenvalue weighted by molar-refractivity contribution is -0.115. The lowest BCUT2D eigenvalue weighted by atomic mass is 9.91. The van der Waals surface area contributed by atoms with Crippen LogP contribution in [0.2, 0.25) is 0 Å². The van der Waals surface area contributed by atoms with Gasteiger partial charge in [-0.3, -0.25) is 4.79 Å². The Balaban J connectivity index is 1.87. The number of halogens is 1. The lowest BCUT2D eigenvalue weighted by Gasteiger charge is -2.26. The number of rotatable bonds is 1. The van der Waals surface area contributed by atoms with Gasteiger partial charge >= 0.3 is 0 Å². The van der Waals surface area contributed by atoms with Crippen LogP contribution in [0, 0.1) is 0 Å². The number of dihydropyridines is 1. The van der Waals surface area contributed by atoms with Gasteiger partial charge in [0.2, 0.25) is 0 Å². The average molecular weight is 354 g/mol. The smallest absolute Gasteiger partial charge is 0.162 e. The van der Waals surface area contributed by atoms with Crippen molar-refractivity contribution in [2.24, 2.45) is 0 Å². The van der Waals surface area contributed by atoms with Crippen molar-refractivity contribution in [1.29, 1.82) is 0 Å². The number of hydrogen-bond acceptors (Lipinski definition) is 4. The molecule has 0 aromatic carbocycles. The number of thioether (sulfide) groups is 1. The second kappa shape index (κ2) is 4.50. The summed E-state index contributed by atoms with van der Waals surface area (Å²) in [5.74, 6) is 1.66. The molecule has 1 aromatic rings. The van der Waals surface area contributed by atoms with Crippen molar-refractivity contribution < 1.29 is 4.79 Å². The normalized spacial score (nSPS) is 25.7. The minimum absolute atomic E-state index is 0.199.